The van der Waals surface area contributed by atoms with E-state index < -0.39 is 0 Å². The van der Waals surface area contributed by atoms with Crippen LogP contribution in [0.25, 0.3) is 0 Å². The number of aromatic nitrogens is 1. The van der Waals surface area contributed by atoms with Gasteiger partial charge in [0.2, 0.25) is 0 Å². The van der Waals surface area contributed by atoms with E-state index in [2.05, 4.69) is 23.7 Å². The highest BCUT2D eigenvalue weighted by atomic mass is 32.1. The molecule has 0 amide bonds. The highest BCUT2D eigenvalue weighted by Crippen LogP contribution is 2.27. The fourth-order valence-corrected chi connectivity index (χ4v) is 2.73. The van der Waals surface area contributed by atoms with Crippen LogP contribution in [0, 0.1) is 0 Å². The predicted octanol–water partition coefficient (Wildman–Crippen LogP) is 2.35. The average molecular weight is 286 g/mol. The second kappa shape index (κ2) is 8.24. The van der Waals surface area contributed by atoms with Crippen molar-refractivity contribution in [2.24, 2.45) is 0 Å². The maximum atomic E-state index is 11.1. The van der Waals surface area contributed by atoms with Gasteiger partial charge in [0.15, 0.2) is 11.4 Å². The smallest absolute Gasteiger partial charge is 0.186 e. The Bertz CT molecular complexity index is 395. The number of ether oxygens (including phenoxy) is 2. The van der Waals surface area contributed by atoms with Crippen molar-refractivity contribution in [3.05, 3.63) is 10.6 Å². The molecular formula is C13H22N2O3S. The maximum absolute atomic E-state index is 11.1. The van der Waals surface area contributed by atoms with Crippen LogP contribution in [0.2, 0.25) is 0 Å². The van der Waals surface area contributed by atoms with Crippen LogP contribution in [-0.2, 0) is 16.1 Å². The minimum Gasteiger partial charge on any atom is -0.383 e. The molecule has 6 heteroatoms. The fourth-order valence-electron chi connectivity index (χ4n) is 1.72. The SMILES string of the molecule is CCC(C)N(CCOC)c1nc(COC)c(C=O)s1. The van der Waals surface area contributed by atoms with E-state index in [0.717, 1.165) is 24.4 Å². The molecule has 0 saturated carbocycles. The van der Waals surface area contributed by atoms with Crippen molar-refractivity contribution in [3.63, 3.8) is 0 Å². The highest BCUT2D eigenvalue weighted by molar-refractivity contribution is 7.17. The number of hydrogen-bond acceptors (Lipinski definition) is 6. The van der Waals surface area contributed by atoms with Gasteiger partial charge in [-0.05, 0) is 13.3 Å². The van der Waals surface area contributed by atoms with E-state index in [1.807, 2.05) is 0 Å². The molecule has 5 nitrogen and oxygen atoms in total. The summed E-state index contributed by atoms with van der Waals surface area (Å²) >= 11 is 1.41. The molecule has 0 aromatic carbocycles. The molecule has 0 N–H and O–H groups in total. The van der Waals surface area contributed by atoms with Crippen molar-refractivity contribution in [1.29, 1.82) is 0 Å². The van der Waals surface area contributed by atoms with Crippen molar-refractivity contribution in [1.82, 2.24) is 4.98 Å². The largest absolute Gasteiger partial charge is 0.383 e. The molecule has 1 heterocycles. The summed E-state index contributed by atoms with van der Waals surface area (Å²) in [5.41, 5.74) is 0.711. The summed E-state index contributed by atoms with van der Waals surface area (Å²) in [6, 6.07) is 0.358. The average Bonchev–Trinajstić information content (AvgIpc) is 2.82. The summed E-state index contributed by atoms with van der Waals surface area (Å²) in [6.45, 7) is 6.05. The molecule has 0 aliphatic carbocycles. The van der Waals surface area contributed by atoms with E-state index in [9.17, 15) is 4.79 Å². The molecule has 0 saturated heterocycles. The Labute approximate surface area is 118 Å². The first kappa shape index (κ1) is 16.1. The number of aldehydes is 1. The van der Waals surface area contributed by atoms with E-state index in [1.54, 1.807) is 14.2 Å². The van der Waals surface area contributed by atoms with Gasteiger partial charge in [0.05, 0.1) is 23.8 Å². The van der Waals surface area contributed by atoms with Crippen LogP contribution in [0.15, 0.2) is 0 Å². The summed E-state index contributed by atoms with van der Waals surface area (Å²) in [7, 11) is 3.29. The minimum atomic E-state index is 0.358. The van der Waals surface area contributed by atoms with Gasteiger partial charge in [-0.25, -0.2) is 4.98 Å². The lowest BCUT2D eigenvalue weighted by atomic mass is 10.2. The summed E-state index contributed by atoms with van der Waals surface area (Å²) < 4.78 is 10.2. The van der Waals surface area contributed by atoms with E-state index in [4.69, 9.17) is 9.47 Å². The Morgan fingerprint density at radius 1 is 1.42 bits per heavy atom. The first-order valence-electron chi connectivity index (χ1n) is 6.37. The molecule has 0 aliphatic heterocycles. The van der Waals surface area contributed by atoms with Crippen LogP contribution >= 0.6 is 11.3 Å². The van der Waals surface area contributed by atoms with Gasteiger partial charge >= 0.3 is 0 Å². The van der Waals surface area contributed by atoms with E-state index in [1.165, 1.54) is 11.3 Å². The predicted molar refractivity (Wildman–Crippen MR) is 77.2 cm³/mol. The van der Waals surface area contributed by atoms with Crippen molar-refractivity contribution in [2.45, 2.75) is 32.9 Å². The first-order chi connectivity index (χ1) is 9.17. The third-order valence-electron chi connectivity index (χ3n) is 3.01. The number of rotatable bonds is 9. The van der Waals surface area contributed by atoms with Gasteiger partial charge in [-0.3, -0.25) is 4.79 Å². The number of anilines is 1. The Morgan fingerprint density at radius 3 is 2.68 bits per heavy atom. The zero-order chi connectivity index (χ0) is 14.3. The van der Waals surface area contributed by atoms with Crippen LogP contribution in [0.4, 0.5) is 5.13 Å². The lowest BCUT2D eigenvalue weighted by Crippen LogP contribution is -2.35. The summed E-state index contributed by atoms with van der Waals surface area (Å²) in [5.74, 6) is 0. The van der Waals surface area contributed by atoms with Crippen LogP contribution in [0.1, 0.15) is 35.6 Å². The fraction of sp³-hybridized carbons (Fsp3) is 0.692. The van der Waals surface area contributed by atoms with Gasteiger partial charge in [-0.2, -0.15) is 0 Å². The molecule has 0 radical (unpaired) electrons. The molecule has 1 rings (SSSR count). The summed E-state index contributed by atoms with van der Waals surface area (Å²) in [5, 5.41) is 0.862. The zero-order valence-electron chi connectivity index (χ0n) is 12.0. The summed E-state index contributed by atoms with van der Waals surface area (Å²) in [6.07, 6.45) is 1.86. The van der Waals surface area contributed by atoms with Gasteiger partial charge in [0, 0.05) is 26.8 Å². The van der Waals surface area contributed by atoms with Gasteiger partial charge in [0.1, 0.15) is 0 Å². The number of hydrogen-bond donors (Lipinski definition) is 0. The second-order valence-corrected chi connectivity index (χ2v) is 5.31. The normalized spacial score (nSPS) is 12.4. The monoisotopic (exact) mass is 286 g/mol. The van der Waals surface area contributed by atoms with Crippen LogP contribution in [0.5, 0.6) is 0 Å². The molecular weight excluding hydrogens is 264 g/mol. The lowest BCUT2D eigenvalue weighted by molar-refractivity contribution is 0.112. The van der Waals surface area contributed by atoms with E-state index in [0.29, 0.717) is 29.8 Å². The maximum Gasteiger partial charge on any atom is 0.186 e. The highest BCUT2D eigenvalue weighted by Gasteiger charge is 2.19. The lowest BCUT2D eigenvalue weighted by Gasteiger charge is -2.27. The molecule has 0 fully saturated rings. The van der Waals surface area contributed by atoms with Gasteiger partial charge < -0.3 is 14.4 Å². The Hall–Kier alpha value is -0.980. The van der Waals surface area contributed by atoms with E-state index >= 15 is 0 Å². The quantitative estimate of drug-likeness (QED) is 0.652. The van der Waals surface area contributed by atoms with Gasteiger partial charge in [-0.1, -0.05) is 18.3 Å². The van der Waals surface area contributed by atoms with Gasteiger partial charge in [0.25, 0.3) is 0 Å². The molecule has 1 aromatic heterocycles. The van der Waals surface area contributed by atoms with E-state index in [-0.39, 0.29) is 0 Å². The third kappa shape index (κ3) is 4.26. The minimum absolute atomic E-state index is 0.358. The third-order valence-corrected chi connectivity index (χ3v) is 4.07. The number of carbonyl (C=O) groups is 1. The number of thiazole rings is 1. The van der Waals surface area contributed by atoms with Crippen molar-refractivity contribution >= 4 is 22.8 Å². The molecule has 19 heavy (non-hydrogen) atoms. The second-order valence-electron chi connectivity index (χ2n) is 4.30. The Morgan fingerprint density at radius 2 is 2.16 bits per heavy atom. The molecule has 0 bridgehead atoms. The molecule has 1 atom stereocenters. The zero-order valence-corrected chi connectivity index (χ0v) is 12.8. The topological polar surface area (TPSA) is 51.7 Å². The van der Waals surface area contributed by atoms with Crippen LogP contribution < -0.4 is 4.90 Å². The number of carbonyl (C=O) groups excluding carboxylic acids is 1. The molecule has 108 valence electrons. The number of methoxy groups -OCH3 is 2. The molecule has 1 aromatic rings. The van der Waals surface area contributed by atoms with Crippen molar-refractivity contribution in [3.8, 4) is 0 Å². The Balaban J connectivity index is 2.97. The van der Waals surface area contributed by atoms with Crippen molar-refractivity contribution < 1.29 is 14.3 Å². The van der Waals surface area contributed by atoms with Crippen LogP contribution in [0.3, 0.4) is 0 Å². The van der Waals surface area contributed by atoms with Crippen molar-refractivity contribution in [2.75, 3.05) is 32.3 Å². The standard InChI is InChI=1S/C13H22N2O3S/c1-5-10(2)15(6-7-17-3)13-14-11(9-18-4)12(8-16)19-13/h8,10H,5-7,9H2,1-4H3. The summed E-state index contributed by atoms with van der Waals surface area (Å²) in [4.78, 5) is 18.4. The molecule has 0 aliphatic rings. The molecule has 0 spiro atoms. The van der Waals surface area contributed by atoms with Gasteiger partial charge in [-0.15, -0.1) is 0 Å². The Kier molecular flexibility index (Phi) is 6.97. The first-order valence-corrected chi connectivity index (χ1v) is 7.18. The number of nitrogens with zero attached hydrogens (tertiary/aromatic N) is 2. The van der Waals surface area contributed by atoms with Crippen LogP contribution in [-0.4, -0.2) is 44.7 Å². The molecule has 1 unspecified atom stereocenters.